The molecule has 2 aliphatic rings. The van der Waals surface area contributed by atoms with E-state index in [1.165, 1.54) is 50.2 Å². The van der Waals surface area contributed by atoms with Gasteiger partial charge >= 0.3 is 21.1 Å². The maximum Gasteiger partial charge on any atom is 2.00 e. The van der Waals surface area contributed by atoms with E-state index in [1.807, 2.05) is 6.20 Å². The molecular weight excluding hydrogens is 804 g/mol. The molecule has 7 aromatic rings. The summed E-state index contributed by atoms with van der Waals surface area (Å²) in [5.41, 5.74) is 12.7. The standard InChI is InChI=1S/C46H38N4.Pt/c1-32-14-7-8-19-38(32)33-26-27-47-45(28-33)50-41-21-10-9-20-39(41)40-25-24-35(30-44(40)50)46(2,3)34-15-13-18-37(29-34)49-31-48(36-16-5-4-6-17-36)42-22-11-12-23-43(42)49;/h4-12,14-17,19-28H,13,18,31H2,1-3H3;/q-2;+2. The topological polar surface area (TPSA) is 24.3 Å². The average Bonchev–Trinajstić information content (AvgIpc) is 3.72. The first-order valence-corrected chi connectivity index (χ1v) is 17.5. The molecule has 0 N–H and O–H groups in total. The Balaban J connectivity index is 0.00000374. The number of rotatable bonds is 6. The van der Waals surface area contributed by atoms with Gasteiger partial charge in [0.2, 0.25) is 0 Å². The molecule has 0 bridgehead atoms. The molecule has 0 radical (unpaired) electrons. The summed E-state index contributed by atoms with van der Waals surface area (Å²) in [5, 5.41) is 2.38. The van der Waals surface area contributed by atoms with Crippen LogP contribution in [0.25, 0.3) is 38.8 Å². The first-order chi connectivity index (χ1) is 24.5. The van der Waals surface area contributed by atoms with Gasteiger partial charge in [-0.3, -0.25) is 0 Å². The first-order valence-electron chi connectivity index (χ1n) is 17.5. The van der Waals surface area contributed by atoms with Crippen LogP contribution in [0.1, 0.15) is 37.8 Å². The number of hydrogen-bond acceptors (Lipinski definition) is 3. The van der Waals surface area contributed by atoms with Crippen LogP contribution in [0.3, 0.4) is 0 Å². The van der Waals surface area contributed by atoms with Gasteiger partial charge in [-0.25, -0.2) is 22.7 Å². The van der Waals surface area contributed by atoms with Crippen molar-refractivity contribution in [1.82, 2.24) is 9.55 Å². The van der Waals surface area contributed by atoms with Crippen LogP contribution in [0.2, 0.25) is 0 Å². The van der Waals surface area contributed by atoms with E-state index in [0.717, 1.165) is 47.5 Å². The average molecular weight is 842 g/mol. The molecule has 1 aliphatic heterocycles. The second-order valence-corrected chi connectivity index (χ2v) is 13.9. The summed E-state index contributed by atoms with van der Waals surface area (Å²) in [7, 11) is 0. The van der Waals surface area contributed by atoms with Crippen molar-refractivity contribution in [3.05, 3.63) is 174 Å². The summed E-state index contributed by atoms with van der Waals surface area (Å²) in [6.07, 6.45) is 10.2. The molecule has 1 aliphatic carbocycles. The first kappa shape index (κ1) is 33.0. The molecule has 4 nitrogen and oxygen atoms in total. The molecule has 252 valence electrons. The monoisotopic (exact) mass is 841 g/mol. The minimum absolute atomic E-state index is 0. The normalized spacial score (nSPS) is 14.3. The summed E-state index contributed by atoms with van der Waals surface area (Å²) in [6.45, 7) is 7.55. The molecule has 5 heteroatoms. The number of allylic oxidation sites excluding steroid dienone is 4. The van der Waals surface area contributed by atoms with Crippen LogP contribution in [0.15, 0.2) is 151 Å². The van der Waals surface area contributed by atoms with Crippen LogP contribution >= 0.6 is 0 Å². The third-order valence-corrected chi connectivity index (χ3v) is 10.5. The summed E-state index contributed by atoms with van der Waals surface area (Å²) in [5.74, 6) is 0.893. The van der Waals surface area contributed by atoms with Crippen LogP contribution in [0.4, 0.5) is 17.1 Å². The smallest absolute Gasteiger partial charge is 0.343 e. The van der Waals surface area contributed by atoms with Gasteiger partial charge in [0.15, 0.2) is 0 Å². The number of benzene rings is 5. The van der Waals surface area contributed by atoms with Gasteiger partial charge in [0, 0.05) is 17.4 Å². The van der Waals surface area contributed by atoms with E-state index in [4.69, 9.17) is 4.98 Å². The van der Waals surface area contributed by atoms with Gasteiger partial charge in [-0.05, 0) is 83.3 Å². The summed E-state index contributed by atoms with van der Waals surface area (Å²) in [6, 6.07) is 49.3. The van der Waals surface area contributed by atoms with Crippen LogP contribution in [0, 0.1) is 19.1 Å². The molecule has 0 saturated carbocycles. The van der Waals surface area contributed by atoms with Crippen molar-refractivity contribution in [1.29, 1.82) is 0 Å². The van der Waals surface area contributed by atoms with E-state index in [-0.39, 0.29) is 26.5 Å². The van der Waals surface area contributed by atoms with Crippen molar-refractivity contribution in [3.8, 4) is 16.9 Å². The number of aryl methyl sites for hydroxylation is 1. The van der Waals surface area contributed by atoms with Gasteiger partial charge in [-0.15, -0.1) is 5.39 Å². The Morgan fingerprint density at radius 3 is 2.27 bits per heavy atom. The van der Waals surface area contributed by atoms with Crippen molar-refractivity contribution in [2.75, 3.05) is 16.5 Å². The second-order valence-electron chi connectivity index (χ2n) is 13.9. The second kappa shape index (κ2) is 13.2. The summed E-state index contributed by atoms with van der Waals surface area (Å²) < 4.78 is 2.28. The minimum Gasteiger partial charge on any atom is -0.343 e. The number of fused-ring (bicyclic) bond motifs is 4. The molecule has 0 atom stereocenters. The fourth-order valence-corrected chi connectivity index (χ4v) is 7.76. The van der Waals surface area contributed by atoms with E-state index in [1.54, 1.807) is 0 Å². The molecule has 0 amide bonds. The van der Waals surface area contributed by atoms with Crippen molar-refractivity contribution < 1.29 is 21.1 Å². The van der Waals surface area contributed by atoms with E-state index in [2.05, 4.69) is 181 Å². The van der Waals surface area contributed by atoms with Gasteiger partial charge in [0.05, 0.1) is 18.0 Å². The predicted molar refractivity (Wildman–Crippen MR) is 207 cm³/mol. The van der Waals surface area contributed by atoms with Crippen molar-refractivity contribution in [3.63, 3.8) is 0 Å². The van der Waals surface area contributed by atoms with Crippen LogP contribution in [-0.4, -0.2) is 16.2 Å². The molecule has 0 spiro atoms. The maximum atomic E-state index is 4.93. The molecule has 2 aromatic heterocycles. The van der Waals surface area contributed by atoms with E-state index in [0.29, 0.717) is 0 Å². The van der Waals surface area contributed by atoms with Crippen molar-refractivity contribution in [2.24, 2.45) is 0 Å². The predicted octanol–water partition coefficient (Wildman–Crippen LogP) is 11.3. The number of pyridine rings is 1. The summed E-state index contributed by atoms with van der Waals surface area (Å²) in [4.78, 5) is 9.77. The van der Waals surface area contributed by atoms with Gasteiger partial charge in [-0.2, -0.15) is 23.8 Å². The number of aromatic nitrogens is 2. The van der Waals surface area contributed by atoms with E-state index < -0.39 is 0 Å². The summed E-state index contributed by atoms with van der Waals surface area (Å²) >= 11 is 0. The minimum atomic E-state index is -0.323. The Bertz CT molecular complexity index is 2470. The zero-order chi connectivity index (χ0) is 33.8. The molecule has 0 saturated heterocycles. The molecule has 51 heavy (non-hydrogen) atoms. The van der Waals surface area contributed by atoms with E-state index >= 15 is 0 Å². The van der Waals surface area contributed by atoms with Crippen LogP contribution < -0.4 is 9.80 Å². The van der Waals surface area contributed by atoms with Crippen molar-refractivity contribution in [2.45, 2.75) is 39.0 Å². The number of hydrogen-bond donors (Lipinski definition) is 0. The number of para-hydroxylation sites is 4. The Morgan fingerprint density at radius 2 is 1.45 bits per heavy atom. The van der Waals surface area contributed by atoms with E-state index in [9.17, 15) is 0 Å². The van der Waals surface area contributed by atoms with Crippen LogP contribution in [-0.2, 0) is 26.5 Å². The van der Waals surface area contributed by atoms with Gasteiger partial charge < -0.3 is 14.4 Å². The fraction of sp³-hybridized carbons (Fsp3) is 0.152. The molecule has 3 heterocycles. The molecule has 0 fully saturated rings. The SMILES string of the molecule is Cc1ccccc1-c1ccnc(-n2c3[c-]c(C(C)(C)C4=CCCC(N5CN(c6ccccc6)c6ccccc65)=[C-]4)ccc3c3ccccc32)c1.[Pt+2]. The van der Waals surface area contributed by atoms with Gasteiger partial charge in [0.25, 0.3) is 0 Å². The Morgan fingerprint density at radius 1 is 0.725 bits per heavy atom. The van der Waals surface area contributed by atoms with Crippen LogP contribution in [0.5, 0.6) is 0 Å². The quantitative estimate of drug-likeness (QED) is 0.156. The molecule has 9 rings (SSSR count). The number of nitrogens with zero attached hydrogens (tertiary/aromatic N) is 4. The maximum absolute atomic E-state index is 4.93. The Hall–Kier alpha value is -5.18. The number of anilines is 3. The third-order valence-electron chi connectivity index (χ3n) is 10.5. The molecular formula is C46H38N4Pt. The molecule has 0 unspecified atom stereocenters. The molecule has 5 aromatic carbocycles. The van der Waals surface area contributed by atoms with Gasteiger partial charge in [-0.1, -0.05) is 104 Å². The Kier molecular flexibility index (Phi) is 8.52. The zero-order valence-corrected chi connectivity index (χ0v) is 31.3. The Labute approximate surface area is 314 Å². The zero-order valence-electron chi connectivity index (χ0n) is 29.0. The van der Waals surface area contributed by atoms with Gasteiger partial charge in [0.1, 0.15) is 5.82 Å². The van der Waals surface area contributed by atoms with Crippen molar-refractivity contribution >= 4 is 38.9 Å². The fourth-order valence-electron chi connectivity index (χ4n) is 7.76. The largest absolute Gasteiger partial charge is 2.00 e. The third kappa shape index (κ3) is 5.63.